The Morgan fingerprint density at radius 2 is 2.17 bits per heavy atom. The molecule has 0 aliphatic carbocycles. The molecule has 0 aliphatic rings. The van der Waals surface area contributed by atoms with Crippen molar-refractivity contribution in [3.05, 3.63) is 51.0 Å². The van der Waals surface area contributed by atoms with Crippen molar-refractivity contribution in [2.45, 2.75) is 39.7 Å². The van der Waals surface area contributed by atoms with Gasteiger partial charge >= 0.3 is 0 Å². The molecule has 1 aromatic carbocycles. The third-order valence-electron chi connectivity index (χ3n) is 2.93. The molecule has 2 nitrogen and oxygen atoms in total. The van der Waals surface area contributed by atoms with E-state index in [0.29, 0.717) is 6.54 Å². The van der Waals surface area contributed by atoms with Crippen molar-refractivity contribution in [3.63, 3.8) is 0 Å². The summed E-state index contributed by atoms with van der Waals surface area (Å²) in [5.74, 6) is 0. The number of aromatic nitrogens is 1. The molecule has 3 heteroatoms. The predicted molar refractivity (Wildman–Crippen MR) is 78.0 cm³/mol. The molecule has 0 saturated carbocycles. The Balaban J connectivity index is 2.19. The Labute approximate surface area is 113 Å². The van der Waals surface area contributed by atoms with E-state index >= 15 is 0 Å². The van der Waals surface area contributed by atoms with Gasteiger partial charge in [0.15, 0.2) is 0 Å². The fourth-order valence-corrected chi connectivity index (χ4v) is 3.13. The van der Waals surface area contributed by atoms with Crippen molar-refractivity contribution >= 4 is 11.3 Å². The molecule has 2 N–H and O–H groups in total. The molecule has 2 rings (SSSR count). The second-order valence-corrected chi connectivity index (χ2v) is 5.77. The van der Waals surface area contributed by atoms with Crippen LogP contribution in [0.3, 0.4) is 0 Å². The van der Waals surface area contributed by atoms with Gasteiger partial charge in [-0.1, -0.05) is 43.2 Å². The van der Waals surface area contributed by atoms with Crippen LogP contribution in [-0.4, -0.2) is 4.98 Å². The van der Waals surface area contributed by atoms with E-state index in [2.05, 4.69) is 38.1 Å². The molecule has 0 radical (unpaired) electrons. The first-order chi connectivity index (χ1) is 8.72. The summed E-state index contributed by atoms with van der Waals surface area (Å²) in [6, 6.07) is 8.62. The number of aryl methyl sites for hydroxylation is 2. The van der Waals surface area contributed by atoms with Crippen molar-refractivity contribution in [1.29, 1.82) is 0 Å². The summed E-state index contributed by atoms with van der Waals surface area (Å²) in [4.78, 5) is 5.98. The SMILES string of the molecule is CCCc1nc(Cc2cccc(C)c2)sc1CN. The number of nitrogens with two attached hydrogens (primary N) is 1. The van der Waals surface area contributed by atoms with E-state index < -0.39 is 0 Å². The van der Waals surface area contributed by atoms with Crippen LogP contribution in [0.1, 0.15) is 40.1 Å². The van der Waals surface area contributed by atoms with E-state index in [1.54, 1.807) is 11.3 Å². The summed E-state index contributed by atoms with van der Waals surface area (Å²) in [6.45, 7) is 4.92. The van der Waals surface area contributed by atoms with Crippen LogP contribution in [0.25, 0.3) is 0 Å². The molecule has 0 bridgehead atoms. The van der Waals surface area contributed by atoms with Gasteiger partial charge in [0.25, 0.3) is 0 Å². The fourth-order valence-electron chi connectivity index (χ4n) is 2.10. The summed E-state index contributed by atoms with van der Waals surface area (Å²) in [6.07, 6.45) is 3.08. The summed E-state index contributed by atoms with van der Waals surface area (Å²) in [7, 11) is 0. The molecule has 1 aromatic heterocycles. The van der Waals surface area contributed by atoms with Gasteiger partial charge in [0.2, 0.25) is 0 Å². The molecule has 18 heavy (non-hydrogen) atoms. The lowest BCUT2D eigenvalue weighted by atomic mass is 10.1. The average Bonchev–Trinajstić information content (AvgIpc) is 2.72. The zero-order valence-electron chi connectivity index (χ0n) is 11.1. The lowest BCUT2D eigenvalue weighted by Crippen LogP contribution is -1.98. The van der Waals surface area contributed by atoms with Gasteiger partial charge in [0.05, 0.1) is 10.7 Å². The zero-order valence-corrected chi connectivity index (χ0v) is 11.9. The maximum atomic E-state index is 5.78. The Hall–Kier alpha value is -1.19. The van der Waals surface area contributed by atoms with E-state index in [0.717, 1.165) is 19.3 Å². The van der Waals surface area contributed by atoms with Crippen LogP contribution in [-0.2, 0) is 19.4 Å². The lowest BCUT2D eigenvalue weighted by Gasteiger charge is -1.99. The minimum Gasteiger partial charge on any atom is -0.326 e. The molecule has 0 aliphatic heterocycles. The minimum absolute atomic E-state index is 0.612. The van der Waals surface area contributed by atoms with Gasteiger partial charge in [-0.3, -0.25) is 0 Å². The standard InChI is InChI=1S/C15H20N2S/c1-3-5-13-14(10-16)18-15(17-13)9-12-7-4-6-11(2)8-12/h4,6-8H,3,5,9-10,16H2,1-2H3. The van der Waals surface area contributed by atoms with Gasteiger partial charge in [-0.25, -0.2) is 4.98 Å². The van der Waals surface area contributed by atoms with Gasteiger partial charge in [-0.15, -0.1) is 11.3 Å². The third-order valence-corrected chi connectivity index (χ3v) is 4.05. The highest BCUT2D eigenvalue weighted by Crippen LogP contribution is 2.22. The number of rotatable bonds is 5. The molecule has 1 heterocycles. The summed E-state index contributed by atoms with van der Waals surface area (Å²) in [5.41, 5.74) is 9.62. The second kappa shape index (κ2) is 6.12. The molecule has 0 amide bonds. The quantitative estimate of drug-likeness (QED) is 0.894. The van der Waals surface area contributed by atoms with Crippen LogP contribution < -0.4 is 5.73 Å². The monoisotopic (exact) mass is 260 g/mol. The van der Waals surface area contributed by atoms with Crippen LogP contribution in [0.4, 0.5) is 0 Å². The molecular formula is C15H20N2S. The van der Waals surface area contributed by atoms with Crippen molar-refractivity contribution in [2.24, 2.45) is 5.73 Å². The second-order valence-electron chi connectivity index (χ2n) is 4.60. The third kappa shape index (κ3) is 3.18. The number of hydrogen-bond donors (Lipinski definition) is 1. The predicted octanol–water partition coefficient (Wildman–Crippen LogP) is 3.45. The maximum Gasteiger partial charge on any atom is 0.0975 e. The van der Waals surface area contributed by atoms with Gasteiger partial charge in [0, 0.05) is 17.8 Å². The smallest absolute Gasteiger partial charge is 0.0975 e. The van der Waals surface area contributed by atoms with E-state index in [4.69, 9.17) is 10.7 Å². The van der Waals surface area contributed by atoms with Crippen LogP contribution in [0, 0.1) is 6.92 Å². The number of nitrogens with zero attached hydrogens (tertiary/aromatic N) is 1. The minimum atomic E-state index is 0.612. The van der Waals surface area contributed by atoms with Crippen molar-refractivity contribution in [2.75, 3.05) is 0 Å². The van der Waals surface area contributed by atoms with Gasteiger partial charge in [0.1, 0.15) is 0 Å². The van der Waals surface area contributed by atoms with Crippen molar-refractivity contribution < 1.29 is 0 Å². The number of hydrogen-bond acceptors (Lipinski definition) is 3. The van der Waals surface area contributed by atoms with Crippen molar-refractivity contribution in [1.82, 2.24) is 4.98 Å². The molecule has 2 aromatic rings. The first-order valence-corrected chi connectivity index (χ1v) is 7.27. The Morgan fingerprint density at radius 3 is 2.83 bits per heavy atom. The average molecular weight is 260 g/mol. The van der Waals surface area contributed by atoms with E-state index in [1.807, 2.05) is 0 Å². The highest BCUT2D eigenvalue weighted by atomic mass is 32.1. The summed E-state index contributed by atoms with van der Waals surface area (Å²) < 4.78 is 0. The summed E-state index contributed by atoms with van der Waals surface area (Å²) >= 11 is 1.76. The molecule has 0 saturated heterocycles. The maximum absolute atomic E-state index is 5.78. The van der Waals surface area contributed by atoms with Crippen LogP contribution in [0.5, 0.6) is 0 Å². The lowest BCUT2D eigenvalue weighted by molar-refractivity contribution is 0.863. The summed E-state index contributed by atoms with van der Waals surface area (Å²) in [5, 5.41) is 1.18. The van der Waals surface area contributed by atoms with Crippen LogP contribution in [0.15, 0.2) is 24.3 Å². The first-order valence-electron chi connectivity index (χ1n) is 6.46. The Bertz CT molecular complexity index is 517. The van der Waals surface area contributed by atoms with E-state index in [9.17, 15) is 0 Å². The van der Waals surface area contributed by atoms with Gasteiger partial charge < -0.3 is 5.73 Å². The number of benzene rings is 1. The van der Waals surface area contributed by atoms with E-state index in [1.165, 1.54) is 26.7 Å². The van der Waals surface area contributed by atoms with E-state index in [-0.39, 0.29) is 0 Å². The Morgan fingerprint density at radius 1 is 1.33 bits per heavy atom. The topological polar surface area (TPSA) is 38.9 Å². The molecule has 0 atom stereocenters. The van der Waals surface area contributed by atoms with Gasteiger partial charge in [-0.2, -0.15) is 0 Å². The number of thiazole rings is 1. The zero-order chi connectivity index (χ0) is 13.0. The van der Waals surface area contributed by atoms with Crippen molar-refractivity contribution in [3.8, 4) is 0 Å². The van der Waals surface area contributed by atoms with Crippen LogP contribution >= 0.6 is 11.3 Å². The first kappa shape index (κ1) is 13.2. The molecule has 0 spiro atoms. The fraction of sp³-hybridized carbons (Fsp3) is 0.400. The highest BCUT2D eigenvalue weighted by molar-refractivity contribution is 7.11. The van der Waals surface area contributed by atoms with Gasteiger partial charge in [-0.05, 0) is 18.9 Å². The Kier molecular flexibility index (Phi) is 4.50. The normalized spacial score (nSPS) is 10.8. The molecular weight excluding hydrogens is 240 g/mol. The molecule has 96 valence electrons. The molecule has 0 fully saturated rings. The van der Waals surface area contributed by atoms with Crippen LogP contribution in [0.2, 0.25) is 0 Å². The highest BCUT2D eigenvalue weighted by Gasteiger charge is 2.09. The largest absolute Gasteiger partial charge is 0.326 e. The molecule has 0 unspecified atom stereocenters.